The molecule has 3 N–H and O–H groups in total. The lowest BCUT2D eigenvalue weighted by Crippen LogP contribution is -2.33. The van der Waals surface area contributed by atoms with Gasteiger partial charge in [-0.15, -0.1) is 0 Å². The van der Waals surface area contributed by atoms with Gasteiger partial charge in [-0.1, -0.05) is 0 Å². The minimum atomic E-state index is -1.05. The zero-order valence-electron chi connectivity index (χ0n) is 10.1. The van der Waals surface area contributed by atoms with Crippen LogP contribution in [0.3, 0.4) is 0 Å². The Morgan fingerprint density at radius 3 is 2.78 bits per heavy atom. The zero-order chi connectivity index (χ0) is 12.7. The number of hydrogen-bond donors (Lipinski definition) is 3. The number of aryl methyl sites for hydroxylation is 1. The fourth-order valence-electron chi connectivity index (χ4n) is 2.82. The molecule has 1 saturated heterocycles. The Hall–Kier alpha value is -0.950. The molecule has 1 aromatic rings. The van der Waals surface area contributed by atoms with Crippen molar-refractivity contribution in [2.45, 2.75) is 50.2 Å². The van der Waals surface area contributed by atoms with Crippen molar-refractivity contribution < 1.29 is 20.1 Å². The van der Waals surface area contributed by atoms with Gasteiger partial charge in [0.05, 0.1) is 18.6 Å². The fraction of sp³-hybridized carbons (Fsp3) is 0.750. The molecule has 3 rings (SSSR count). The van der Waals surface area contributed by atoms with Gasteiger partial charge >= 0.3 is 0 Å². The minimum absolute atomic E-state index is 0.300. The molecule has 0 aromatic carbocycles. The number of hydrogen-bond acceptors (Lipinski definition) is 5. The molecule has 1 aliphatic carbocycles. The summed E-state index contributed by atoms with van der Waals surface area (Å²) in [5, 5.41) is 28.8. The molecule has 4 atom stereocenters. The highest BCUT2D eigenvalue weighted by Crippen LogP contribution is 2.32. The molecule has 6 nitrogen and oxygen atoms in total. The molecule has 6 heteroatoms. The van der Waals surface area contributed by atoms with Crippen LogP contribution >= 0.6 is 0 Å². The van der Waals surface area contributed by atoms with Crippen LogP contribution in [0, 0.1) is 0 Å². The molecule has 0 bridgehead atoms. The SMILES string of the molecule is OC[C@@H]1O[C@H](n2cnc3c2CCCC3)[C@@H](O)[C@@H]1O. The third kappa shape index (κ3) is 1.76. The molecule has 0 unspecified atom stereocenters. The van der Waals surface area contributed by atoms with Gasteiger partial charge < -0.3 is 24.6 Å². The van der Waals surface area contributed by atoms with Gasteiger partial charge in [0.1, 0.15) is 18.3 Å². The van der Waals surface area contributed by atoms with Crippen LogP contribution in [0.15, 0.2) is 6.33 Å². The predicted octanol–water partition coefficient (Wildman–Crippen LogP) is -0.627. The van der Waals surface area contributed by atoms with Crippen molar-refractivity contribution in [2.24, 2.45) is 0 Å². The Labute approximate surface area is 105 Å². The molecule has 1 aromatic heterocycles. The first-order chi connectivity index (χ1) is 8.72. The number of fused-ring (bicyclic) bond motifs is 1. The molecule has 100 valence electrons. The summed E-state index contributed by atoms with van der Waals surface area (Å²) in [5.74, 6) is 0. The predicted molar refractivity (Wildman–Crippen MR) is 61.9 cm³/mol. The Morgan fingerprint density at radius 1 is 1.28 bits per heavy atom. The normalized spacial score (nSPS) is 35.7. The Balaban J connectivity index is 1.89. The lowest BCUT2D eigenvalue weighted by molar-refractivity contribution is -0.0540. The van der Waals surface area contributed by atoms with E-state index in [9.17, 15) is 10.2 Å². The van der Waals surface area contributed by atoms with E-state index in [-0.39, 0.29) is 6.61 Å². The van der Waals surface area contributed by atoms with Gasteiger partial charge in [-0.05, 0) is 25.7 Å². The minimum Gasteiger partial charge on any atom is -0.394 e. The second kappa shape index (κ2) is 4.62. The number of nitrogens with zero attached hydrogens (tertiary/aromatic N) is 2. The van der Waals surface area contributed by atoms with Crippen LogP contribution < -0.4 is 0 Å². The van der Waals surface area contributed by atoms with E-state index in [0.29, 0.717) is 0 Å². The van der Waals surface area contributed by atoms with E-state index in [1.54, 1.807) is 10.9 Å². The van der Waals surface area contributed by atoms with Gasteiger partial charge in [-0.25, -0.2) is 4.98 Å². The summed E-state index contributed by atoms with van der Waals surface area (Å²) in [6, 6.07) is 0. The van der Waals surface area contributed by atoms with E-state index in [1.807, 2.05) is 0 Å². The van der Waals surface area contributed by atoms with Gasteiger partial charge in [0, 0.05) is 5.69 Å². The molecular weight excluding hydrogens is 236 g/mol. The highest BCUT2D eigenvalue weighted by Gasteiger charge is 2.44. The Kier molecular flexibility index (Phi) is 3.11. The smallest absolute Gasteiger partial charge is 0.164 e. The van der Waals surface area contributed by atoms with E-state index in [0.717, 1.165) is 37.1 Å². The van der Waals surface area contributed by atoms with Crippen LogP contribution in [0.4, 0.5) is 0 Å². The molecule has 18 heavy (non-hydrogen) atoms. The summed E-state index contributed by atoms with van der Waals surface area (Å²) < 4.78 is 7.32. The monoisotopic (exact) mass is 254 g/mol. The third-order valence-electron chi connectivity index (χ3n) is 3.85. The van der Waals surface area contributed by atoms with Crippen molar-refractivity contribution in [1.29, 1.82) is 0 Å². The number of imidazole rings is 1. The van der Waals surface area contributed by atoms with Crippen molar-refractivity contribution in [3.05, 3.63) is 17.7 Å². The van der Waals surface area contributed by atoms with Crippen molar-refractivity contribution in [1.82, 2.24) is 9.55 Å². The molecule has 1 fully saturated rings. The molecule has 2 heterocycles. The molecule has 0 amide bonds. The zero-order valence-corrected chi connectivity index (χ0v) is 10.1. The van der Waals surface area contributed by atoms with Gasteiger partial charge in [0.25, 0.3) is 0 Å². The number of rotatable bonds is 2. The number of aromatic nitrogens is 2. The maximum atomic E-state index is 10.00. The quantitative estimate of drug-likeness (QED) is 0.654. The summed E-state index contributed by atoms with van der Waals surface area (Å²) in [4.78, 5) is 4.34. The van der Waals surface area contributed by atoms with Crippen LogP contribution in [-0.4, -0.2) is 49.8 Å². The van der Waals surface area contributed by atoms with E-state index >= 15 is 0 Å². The topological polar surface area (TPSA) is 87.7 Å². The van der Waals surface area contributed by atoms with Crippen LogP contribution in [0.2, 0.25) is 0 Å². The lowest BCUT2D eigenvalue weighted by Gasteiger charge is -2.21. The maximum Gasteiger partial charge on any atom is 0.164 e. The summed E-state index contributed by atoms with van der Waals surface area (Å²) in [6.07, 6.45) is 2.32. The third-order valence-corrected chi connectivity index (χ3v) is 3.85. The number of aliphatic hydroxyl groups is 3. The van der Waals surface area contributed by atoms with E-state index < -0.39 is 24.5 Å². The van der Waals surface area contributed by atoms with Crippen molar-refractivity contribution in [2.75, 3.05) is 6.61 Å². The molecule has 1 aliphatic heterocycles. The standard InChI is InChI=1S/C12H18N2O4/c15-5-9-10(16)11(17)12(18-9)14-6-13-7-3-1-2-4-8(7)14/h6,9-12,15-17H,1-5H2/t9-,10+,11-,12-/m0/s1. The maximum absolute atomic E-state index is 10.00. The molecule has 0 spiro atoms. The Morgan fingerprint density at radius 2 is 2.06 bits per heavy atom. The first kappa shape index (κ1) is 12.1. The van der Waals surface area contributed by atoms with Gasteiger partial charge in [0.2, 0.25) is 0 Å². The summed E-state index contributed by atoms with van der Waals surface area (Å²) >= 11 is 0. The van der Waals surface area contributed by atoms with Crippen molar-refractivity contribution in [3.8, 4) is 0 Å². The largest absolute Gasteiger partial charge is 0.394 e. The molecule has 2 aliphatic rings. The summed E-state index contributed by atoms with van der Waals surface area (Å²) in [7, 11) is 0. The van der Waals surface area contributed by atoms with E-state index in [1.165, 1.54) is 0 Å². The summed E-state index contributed by atoms with van der Waals surface area (Å²) in [6.45, 7) is -0.300. The van der Waals surface area contributed by atoms with Crippen LogP contribution in [0.1, 0.15) is 30.5 Å². The van der Waals surface area contributed by atoms with Crippen LogP contribution in [0.25, 0.3) is 0 Å². The first-order valence-corrected chi connectivity index (χ1v) is 6.39. The second-order valence-electron chi connectivity index (χ2n) is 4.98. The summed E-state index contributed by atoms with van der Waals surface area (Å²) in [5.41, 5.74) is 2.13. The number of ether oxygens (including phenoxy) is 1. The second-order valence-corrected chi connectivity index (χ2v) is 4.98. The highest BCUT2D eigenvalue weighted by atomic mass is 16.6. The van der Waals surface area contributed by atoms with Crippen LogP contribution in [0.5, 0.6) is 0 Å². The lowest BCUT2D eigenvalue weighted by atomic mass is 10.0. The van der Waals surface area contributed by atoms with Gasteiger partial charge in [-0.2, -0.15) is 0 Å². The number of aliphatic hydroxyl groups excluding tert-OH is 3. The van der Waals surface area contributed by atoms with Crippen molar-refractivity contribution >= 4 is 0 Å². The molecular formula is C12H18N2O4. The fourth-order valence-corrected chi connectivity index (χ4v) is 2.82. The Bertz CT molecular complexity index is 434. The van der Waals surface area contributed by atoms with E-state index in [2.05, 4.69) is 4.98 Å². The molecule has 0 radical (unpaired) electrons. The highest BCUT2D eigenvalue weighted by molar-refractivity contribution is 5.17. The average Bonchev–Trinajstić information content (AvgIpc) is 2.93. The van der Waals surface area contributed by atoms with Crippen LogP contribution in [-0.2, 0) is 17.6 Å². The van der Waals surface area contributed by atoms with Gasteiger partial charge in [0.15, 0.2) is 6.23 Å². The first-order valence-electron chi connectivity index (χ1n) is 6.39. The van der Waals surface area contributed by atoms with E-state index in [4.69, 9.17) is 9.84 Å². The molecule has 0 saturated carbocycles. The van der Waals surface area contributed by atoms with Gasteiger partial charge in [-0.3, -0.25) is 0 Å². The average molecular weight is 254 g/mol. The van der Waals surface area contributed by atoms with Crippen molar-refractivity contribution in [3.63, 3.8) is 0 Å².